The lowest BCUT2D eigenvalue weighted by atomic mass is 10.2. The number of carbonyl (C=O) groups excluding carboxylic acids is 1. The van der Waals surface area contributed by atoms with E-state index in [1.54, 1.807) is 0 Å². The average Bonchev–Trinajstić information content (AvgIpc) is 2.40. The molecule has 20 heavy (non-hydrogen) atoms. The third-order valence-electron chi connectivity index (χ3n) is 2.36. The Hall–Kier alpha value is -2.44. The number of nitrogens with zero attached hydrogens (tertiary/aromatic N) is 1. The maximum atomic E-state index is 13.1. The van der Waals surface area contributed by atoms with E-state index in [2.05, 4.69) is 4.98 Å². The molecule has 0 aliphatic rings. The van der Waals surface area contributed by atoms with Gasteiger partial charge in [-0.2, -0.15) is 13.2 Å². The number of hydrogen-bond donors (Lipinski definition) is 0. The number of halogens is 4. The van der Waals surface area contributed by atoms with Crippen molar-refractivity contribution in [3.63, 3.8) is 0 Å². The fraction of sp³-hybridized carbons (Fsp3) is 0.0769. The van der Waals surface area contributed by atoms with Crippen LogP contribution in [-0.4, -0.2) is 11.3 Å². The second-order valence-corrected chi connectivity index (χ2v) is 3.79. The molecule has 1 aromatic heterocycles. The third kappa shape index (κ3) is 3.11. The van der Waals surface area contributed by atoms with Crippen LogP contribution in [0.5, 0.6) is 11.6 Å². The molecular weight excluding hydrogens is 278 g/mol. The van der Waals surface area contributed by atoms with Crippen molar-refractivity contribution in [2.75, 3.05) is 0 Å². The molecule has 0 atom stereocenters. The molecule has 3 nitrogen and oxygen atoms in total. The van der Waals surface area contributed by atoms with Crippen molar-refractivity contribution in [1.82, 2.24) is 4.98 Å². The number of rotatable bonds is 3. The van der Waals surface area contributed by atoms with Crippen molar-refractivity contribution < 1.29 is 27.1 Å². The number of carbonyl (C=O) groups is 1. The number of aromatic nitrogens is 1. The number of hydrogen-bond acceptors (Lipinski definition) is 3. The Balaban J connectivity index is 2.27. The zero-order chi connectivity index (χ0) is 14.8. The molecule has 0 aliphatic heterocycles. The molecule has 0 N–H and O–H groups in total. The van der Waals surface area contributed by atoms with Crippen molar-refractivity contribution in [2.45, 2.75) is 6.18 Å². The minimum absolute atomic E-state index is 0.00432. The van der Waals surface area contributed by atoms with Gasteiger partial charge in [0.25, 0.3) is 0 Å². The van der Waals surface area contributed by atoms with Crippen molar-refractivity contribution in [2.24, 2.45) is 0 Å². The molecule has 0 amide bonds. The Labute approximate surface area is 110 Å². The Kier molecular flexibility index (Phi) is 3.69. The summed E-state index contributed by atoms with van der Waals surface area (Å²) < 4.78 is 55.7. The molecule has 0 radical (unpaired) electrons. The molecule has 0 unspecified atom stereocenters. The first-order valence-corrected chi connectivity index (χ1v) is 5.36. The van der Waals surface area contributed by atoms with Crippen LogP contribution in [0, 0.1) is 5.82 Å². The van der Waals surface area contributed by atoms with Gasteiger partial charge in [-0.1, -0.05) is 0 Å². The lowest BCUT2D eigenvalue weighted by Crippen LogP contribution is -2.08. The standard InChI is InChI=1S/C13H7F4NO2/c14-11-3-2-9(5-10(11)13(15,16)17)20-12-4-1-8(7-19)6-18-12/h1-7H. The van der Waals surface area contributed by atoms with E-state index in [4.69, 9.17) is 4.74 Å². The van der Waals surface area contributed by atoms with Crippen molar-refractivity contribution >= 4 is 6.29 Å². The molecule has 7 heteroatoms. The summed E-state index contributed by atoms with van der Waals surface area (Å²) in [7, 11) is 0. The van der Waals surface area contributed by atoms with Gasteiger partial charge in [0.15, 0.2) is 6.29 Å². The number of alkyl halides is 3. The molecule has 0 spiro atoms. The fourth-order valence-corrected chi connectivity index (χ4v) is 1.43. The summed E-state index contributed by atoms with van der Waals surface area (Å²) in [6, 6.07) is 4.98. The van der Waals surface area contributed by atoms with Gasteiger partial charge in [-0.05, 0) is 24.3 Å². The molecule has 0 aliphatic carbocycles. The second kappa shape index (κ2) is 5.28. The lowest BCUT2D eigenvalue weighted by molar-refractivity contribution is -0.140. The van der Waals surface area contributed by atoms with Crippen LogP contribution >= 0.6 is 0 Å². The topological polar surface area (TPSA) is 39.2 Å². The predicted molar refractivity (Wildman–Crippen MR) is 61.1 cm³/mol. The maximum absolute atomic E-state index is 13.1. The van der Waals surface area contributed by atoms with E-state index in [1.807, 2.05) is 0 Å². The normalized spacial score (nSPS) is 11.2. The molecule has 2 rings (SSSR count). The number of ether oxygens (including phenoxy) is 1. The monoisotopic (exact) mass is 285 g/mol. The van der Waals surface area contributed by atoms with E-state index >= 15 is 0 Å². The quantitative estimate of drug-likeness (QED) is 0.635. The van der Waals surface area contributed by atoms with E-state index in [-0.39, 0.29) is 11.6 Å². The molecular formula is C13H7F4NO2. The van der Waals surface area contributed by atoms with Gasteiger partial charge in [0.2, 0.25) is 5.88 Å². The Morgan fingerprint density at radius 3 is 2.45 bits per heavy atom. The van der Waals surface area contributed by atoms with Gasteiger partial charge in [-0.3, -0.25) is 4.79 Å². The van der Waals surface area contributed by atoms with Gasteiger partial charge < -0.3 is 4.74 Å². The summed E-state index contributed by atoms with van der Waals surface area (Å²) >= 11 is 0. The van der Waals surface area contributed by atoms with Crippen LogP contribution in [0.1, 0.15) is 15.9 Å². The van der Waals surface area contributed by atoms with Gasteiger partial charge in [0, 0.05) is 17.8 Å². The van der Waals surface area contributed by atoms with Crippen molar-refractivity contribution in [1.29, 1.82) is 0 Å². The van der Waals surface area contributed by atoms with Crippen LogP contribution in [0.2, 0.25) is 0 Å². The highest BCUT2D eigenvalue weighted by molar-refractivity contribution is 5.74. The van der Waals surface area contributed by atoms with Gasteiger partial charge in [-0.25, -0.2) is 9.37 Å². The molecule has 1 heterocycles. The van der Waals surface area contributed by atoms with E-state index in [0.29, 0.717) is 24.0 Å². The Morgan fingerprint density at radius 2 is 1.90 bits per heavy atom. The summed E-state index contributed by atoms with van der Waals surface area (Å²) in [5.74, 6) is -1.59. The fourth-order valence-electron chi connectivity index (χ4n) is 1.43. The van der Waals surface area contributed by atoms with Crippen LogP contribution in [-0.2, 0) is 6.18 Å². The molecule has 0 saturated carbocycles. The highest BCUT2D eigenvalue weighted by Gasteiger charge is 2.34. The van der Waals surface area contributed by atoms with Crippen LogP contribution in [0.25, 0.3) is 0 Å². The summed E-state index contributed by atoms with van der Waals surface area (Å²) in [6.45, 7) is 0. The van der Waals surface area contributed by atoms with E-state index < -0.39 is 17.6 Å². The number of benzene rings is 1. The molecule has 1 aromatic carbocycles. The largest absolute Gasteiger partial charge is 0.439 e. The minimum atomic E-state index is -4.81. The molecule has 0 saturated heterocycles. The summed E-state index contributed by atoms with van der Waals surface area (Å²) in [5.41, 5.74) is -1.12. The predicted octanol–water partition coefficient (Wildman–Crippen LogP) is 3.84. The van der Waals surface area contributed by atoms with Crippen LogP contribution in [0.15, 0.2) is 36.5 Å². The Morgan fingerprint density at radius 1 is 1.15 bits per heavy atom. The summed E-state index contributed by atoms with van der Waals surface area (Å²) in [6.07, 6.45) is -3.04. The summed E-state index contributed by atoms with van der Waals surface area (Å²) in [5, 5.41) is 0. The number of pyridine rings is 1. The van der Waals surface area contributed by atoms with Gasteiger partial charge in [0.05, 0.1) is 5.56 Å². The van der Waals surface area contributed by atoms with Crippen LogP contribution in [0.3, 0.4) is 0 Å². The van der Waals surface area contributed by atoms with E-state index in [0.717, 1.165) is 6.07 Å². The third-order valence-corrected chi connectivity index (χ3v) is 2.36. The first-order valence-electron chi connectivity index (χ1n) is 5.36. The van der Waals surface area contributed by atoms with Crippen LogP contribution < -0.4 is 4.74 Å². The highest BCUT2D eigenvalue weighted by Crippen LogP contribution is 2.34. The van der Waals surface area contributed by atoms with Crippen LogP contribution in [0.4, 0.5) is 17.6 Å². The SMILES string of the molecule is O=Cc1ccc(Oc2ccc(F)c(C(F)(F)F)c2)nc1. The smallest absolute Gasteiger partial charge is 0.419 e. The maximum Gasteiger partial charge on any atom is 0.419 e. The molecule has 0 bridgehead atoms. The molecule has 0 fully saturated rings. The van der Waals surface area contributed by atoms with Crippen molar-refractivity contribution in [3.05, 3.63) is 53.5 Å². The zero-order valence-corrected chi connectivity index (χ0v) is 9.82. The molecule has 104 valence electrons. The van der Waals surface area contributed by atoms with Gasteiger partial charge in [-0.15, -0.1) is 0 Å². The van der Waals surface area contributed by atoms with Gasteiger partial charge >= 0.3 is 6.18 Å². The van der Waals surface area contributed by atoms with Gasteiger partial charge in [0.1, 0.15) is 11.6 Å². The Bertz CT molecular complexity index is 623. The van der Waals surface area contributed by atoms with E-state index in [1.165, 1.54) is 18.3 Å². The number of aldehydes is 1. The highest BCUT2D eigenvalue weighted by atomic mass is 19.4. The zero-order valence-electron chi connectivity index (χ0n) is 9.82. The second-order valence-electron chi connectivity index (χ2n) is 3.79. The first-order chi connectivity index (χ1) is 9.40. The minimum Gasteiger partial charge on any atom is -0.439 e. The average molecular weight is 285 g/mol. The lowest BCUT2D eigenvalue weighted by Gasteiger charge is -2.10. The van der Waals surface area contributed by atoms with E-state index in [9.17, 15) is 22.4 Å². The first kappa shape index (κ1) is 14.0. The van der Waals surface area contributed by atoms with Crippen molar-refractivity contribution in [3.8, 4) is 11.6 Å². The molecule has 2 aromatic rings. The summed E-state index contributed by atoms with van der Waals surface area (Å²) in [4.78, 5) is 14.2.